The van der Waals surface area contributed by atoms with Crippen LogP contribution in [0.3, 0.4) is 0 Å². The number of thiophene rings is 1. The molecule has 0 fully saturated rings. The van der Waals surface area contributed by atoms with Gasteiger partial charge in [-0.15, -0.1) is 11.3 Å². The van der Waals surface area contributed by atoms with Crippen LogP contribution in [0.25, 0.3) is 6.08 Å². The highest BCUT2D eigenvalue weighted by Gasteiger charge is 2.25. The summed E-state index contributed by atoms with van der Waals surface area (Å²) in [6.45, 7) is -0.447. The van der Waals surface area contributed by atoms with E-state index >= 15 is 0 Å². The molecule has 0 atom stereocenters. The minimum absolute atomic E-state index is 0.0402. The van der Waals surface area contributed by atoms with Gasteiger partial charge in [-0.25, -0.2) is 4.79 Å². The summed E-state index contributed by atoms with van der Waals surface area (Å²) >= 11 is 7.33. The number of aryl methyl sites for hydroxylation is 1. The molecule has 2 heterocycles. The maximum absolute atomic E-state index is 12.3. The van der Waals surface area contributed by atoms with Gasteiger partial charge in [0.15, 0.2) is 6.61 Å². The molecular formula is C21H19ClN2O5S. The fourth-order valence-corrected chi connectivity index (χ4v) is 5.06. The number of benzene rings is 1. The van der Waals surface area contributed by atoms with Crippen molar-refractivity contribution < 1.29 is 23.9 Å². The first-order valence-electron chi connectivity index (χ1n) is 9.46. The number of rotatable bonds is 5. The molecule has 4 rings (SSSR count). The van der Waals surface area contributed by atoms with E-state index in [4.69, 9.17) is 26.8 Å². The van der Waals surface area contributed by atoms with Crippen LogP contribution in [0.4, 0.5) is 5.00 Å². The number of nitrogens with one attached hydrogen (secondary N) is 1. The second kappa shape index (κ2) is 8.49. The van der Waals surface area contributed by atoms with Crippen LogP contribution in [0.15, 0.2) is 23.8 Å². The van der Waals surface area contributed by atoms with Crippen LogP contribution < -0.4 is 15.8 Å². The quantitative estimate of drug-likeness (QED) is 0.685. The van der Waals surface area contributed by atoms with Crippen molar-refractivity contribution in [2.24, 2.45) is 5.73 Å². The highest BCUT2D eigenvalue weighted by Crippen LogP contribution is 2.37. The predicted molar refractivity (Wildman–Crippen MR) is 114 cm³/mol. The van der Waals surface area contributed by atoms with Crippen LogP contribution >= 0.6 is 22.9 Å². The third kappa shape index (κ3) is 4.20. The fourth-order valence-electron chi connectivity index (χ4n) is 3.57. The first-order valence-corrected chi connectivity index (χ1v) is 10.7. The smallest absolute Gasteiger partial charge is 0.338 e. The maximum atomic E-state index is 12.3. The summed E-state index contributed by atoms with van der Waals surface area (Å²) in [5.41, 5.74) is 7.77. The minimum Gasteiger partial charge on any atom is -0.488 e. The molecule has 2 aromatic rings. The molecule has 7 nitrogen and oxygen atoms in total. The van der Waals surface area contributed by atoms with Crippen LogP contribution in [0.5, 0.6) is 5.75 Å². The van der Waals surface area contributed by atoms with Crippen molar-refractivity contribution in [3.8, 4) is 5.75 Å². The number of ether oxygens (including phenoxy) is 2. The first kappa shape index (κ1) is 20.4. The Morgan fingerprint density at radius 2 is 2.03 bits per heavy atom. The highest BCUT2D eigenvalue weighted by atomic mass is 35.5. The lowest BCUT2D eigenvalue weighted by molar-refractivity contribution is -0.143. The second-order valence-electron chi connectivity index (χ2n) is 7.04. The summed E-state index contributed by atoms with van der Waals surface area (Å²) in [7, 11) is 0. The molecule has 1 aromatic heterocycles. The van der Waals surface area contributed by atoms with E-state index in [1.807, 2.05) is 0 Å². The van der Waals surface area contributed by atoms with Crippen molar-refractivity contribution in [3.63, 3.8) is 0 Å². The molecular weight excluding hydrogens is 428 g/mol. The third-order valence-corrected chi connectivity index (χ3v) is 6.39. The molecule has 2 amide bonds. The molecule has 0 unspecified atom stereocenters. The molecule has 1 aliphatic carbocycles. The van der Waals surface area contributed by atoms with Crippen molar-refractivity contribution in [2.45, 2.75) is 25.7 Å². The average molecular weight is 447 g/mol. The van der Waals surface area contributed by atoms with E-state index in [0.29, 0.717) is 26.9 Å². The number of nitrogens with two attached hydrogens (primary N) is 1. The first-order chi connectivity index (χ1) is 14.4. The standard InChI is InChI=1S/C21H19ClN2O5S/c22-13-5-6-15-11(8-13)7-12(9-28-15)21(27)29-10-17(25)24-20-18(19(23)26)14-3-1-2-4-16(14)30-20/h5-8H,1-4,9-10H2,(H2,23,26)(H,24,25). The van der Waals surface area contributed by atoms with Crippen LogP contribution in [0.1, 0.15) is 39.2 Å². The number of carbonyl (C=O) groups is 3. The second-order valence-corrected chi connectivity index (χ2v) is 8.59. The van der Waals surface area contributed by atoms with E-state index in [-0.39, 0.29) is 12.2 Å². The number of fused-ring (bicyclic) bond motifs is 2. The van der Waals surface area contributed by atoms with E-state index in [2.05, 4.69) is 5.32 Å². The normalized spacial score (nSPS) is 14.6. The van der Waals surface area contributed by atoms with Gasteiger partial charge < -0.3 is 20.5 Å². The number of carbonyl (C=O) groups excluding carboxylic acids is 3. The zero-order chi connectivity index (χ0) is 21.3. The van der Waals surface area contributed by atoms with Crippen molar-refractivity contribution in [1.82, 2.24) is 0 Å². The van der Waals surface area contributed by atoms with Crippen molar-refractivity contribution >= 4 is 51.8 Å². The largest absolute Gasteiger partial charge is 0.488 e. The number of esters is 1. The van der Waals surface area contributed by atoms with Crippen LogP contribution in [0.2, 0.25) is 5.02 Å². The number of amides is 2. The van der Waals surface area contributed by atoms with Crippen LogP contribution in [-0.2, 0) is 27.2 Å². The Bertz CT molecular complexity index is 1080. The number of halogens is 1. The Labute approximate surface area is 181 Å². The molecule has 3 N–H and O–H groups in total. The Balaban J connectivity index is 1.40. The average Bonchev–Trinajstić information content (AvgIpc) is 3.09. The van der Waals surface area contributed by atoms with E-state index in [9.17, 15) is 14.4 Å². The summed E-state index contributed by atoms with van der Waals surface area (Å²) in [5.74, 6) is -1.14. The molecule has 0 saturated heterocycles. The Morgan fingerprint density at radius 1 is 1.23 bits per heavy atom. The fraction of sp³-hybridized carbons (Fsp3) is 0.286. The zero-order valence-electron chi connectivity index (χ0n) is 16.0. The van der Waals surface area contributed by atoms with Gasteiger partial charge in [0.05, 0.1) is 11.1 Å². The SMILES string of the molecule is NC(=O)c1c(NC(=O)COC(=O)C2=Cc3cc(Cl)ccc3OC2)sc2c1CCCC2. The van der Waals surface area contributed by atoms with Gasteiger partial charge in [-0.2, -0.15) is 0 Å². The Kier molecular flexibility index (Phi) is 5.78. The maximum Gasteiger partial charge on any atom is 0.338 e. The number of anilines is 1. The lowest BCUT2D eigenvalue weighted by atomic mass is 9.95. The molecule has 2 aliphatic rings. The van der Waals surface area contributed by atoms with Gasteiger partial charge in [-0.05, 0) is 55.5 Å². The number of primary amides is 1. The van der Waals surface area contributed by atoms with E-state index in [1.165, 1.54) is 11.3 Å². The Morgan fingerprint density at radius 3 is 2.83 bits per heavy atom. The number of hydrogen-bond acceptors (Lipinski definition) is 6. The van der Waals surface area contributed by atoms with Crippen LogP contribution in [-0.4, -0.2) is 31.0 Å². The van der Waals surface area contributed by atoms with E-state index in [0.717, 1.165) is 36.1 Å². The molecule has 30 heavy (non-hydrogen) atoms. The van der Waals surface area contributed by atoms with E-state index in [1.54, 1.807) is 24.3 Å². The van der Waals surface area contributed by atoms with Gasteiger partial charge in [-0.3, -0.25) is 9.59 Å². The summed E-state index contributed by atoms with van der Waals surface area (Å²) in [6, 6.07) is 5.10. The summed E-state index contributed by atoms with van der Waals surface area (Å²) < 4.78 is 10.6. The summed E-state index contributed by atoms with van der Waals surface area (Å²) in [6.07, 6.45) is 5.30. The predicted octanol–water partition coefficient (Wildman–Crippen LogP) is 3.34. The molecule has 0 saturated carbocycles. The van der Waals surface area contributed by atoms with Gasteiger partial charge in [0.1, 0.15) is 17.4 Å². The van der Waals surface area contributed by atoms with Gasteiger partial charge in [0.25, 0.3) is 11.8 Å². The topological polar surface area (TPSA) is 108 Å². The van der Waals surface area contributed by atoms with Gasteiger partial charge in [0, 0.05) is 15.5 Å². The number of hydrogen-bond donors (Lipinski definition) is 2. The van der Waals surface area contributed by atoms with Crippen LogP contribution in [0, 0.1) is 0 Å². The zero-order valence-corrected chi connectivity index (χ0v) is 17.5. The van der Waals surface area contributed by atoms with Crippen molar-refractivity contribution in [3.05, 3.63) is 50.4 Å². The Hall–Kier alpha value is -2.84. The van der Waals surface area contributed by atoms with E-state index < -0.39 is 24.4 Å². The molecule has 156 valence electrons. The molecule has 1 aromatic carbocycles. The molecule has 0 radical (unpaired) electrons. The molecule has 1 aliphatic heterocycles. The molecule has 0 spiro atoms. The summed E-state index contributed by atoms with van der Waals surface area (Å²) in [5, 5.41) is 3.60. The van der Waals surface area contributed by atoms with Crippen molar-refractivity contribution in [1.29, 1.82) is 0 Å². The highest BCUT2D eigenvalue weighted by molar-refractivity contribution is 7.17. The molecule has 9 heteroatoms. The summed E-state index contributed by atoms with van der Waals surface area (Å²) in [4.78, 5) is 37.6. The third-order valence-electron chi connectivity index (χ3n) is 4.95. The van der Waals surface area contributed by atoms with Gasteiger partial charge in [0.2, 0.25) is 0 Å². The lowest BCUT2D eigenvalue weighted by Gasteiger charge is -2.17. The molecule has 0 bridgehead atoms. The van der Waals surface area contributed by atoms with Gasteiger partial charge >= 0.3 is 5.97 Å². The minimum atomic E-state index is -0.656. The van der Waals surface area contributed by atoms with Gasteiger partial charge in [-0.1, -0.05) is 11.6 Å². The lowest BCUT2D eigenvalue weighted by Crippen LogP contribution is -2.24. The monoisotopic (exact) mass is 446 g/mol. The van der Waals surface area contributed by atoms with Crippen molar-refractivity contribution in [2.75, 3.05) is 18.5 Å².